The molecule has 0 bridgehead atoms. The van der Waals surface area contributed by atoms with Crippen molar-refractivity contribution in [3.8, 4) is 11.5 Å². The average molecular weight is 455 g/mol. The topological polar surface area (TPSA) is 56.8 Å². The Kier molecular flexibility index (Phi) is 6.99. The van der Waals surface area contributed by atoms with Crippen molar-refractivity contribution in [2.45, 2.75) is 32.0 Å². The zero-order chi connectivity index (χ0) is 19.2. The second kappa shape index (κ2) is 9.44. The number of carbonyl (C=O) groups excluding carboxylic acids is 1. The van der Waals surface area contributed by atoms with Crippen LogP contribution in [0.4, 0.5) is 5.69 Å². The standard InChI is InChI=1S/C20H21BrClNO4/c1-13(27-19-9-4-14(22)11-18(19)21)20(24)23-15-5-7-16(8-6-15)26-12-17-3-2-10-25-17/h4-9,11,13,17H,2-3,10,12H2,1H3,(H,23,24)/t13-,17+/m0/s1. The van der Waals surface area contributed by atoms with E-state index in [-0.39, 0.29) is 12.0 Å². The fraction of sp³-hybridized carbons (Fsp3) is 0.350. The smallest absolute Gasteiger partial charge is 0.265 e. The van der Waals surface area contributed by atoms with Gasteiger partial charge in [-0.25, -0.2) is 0 Å². The van der Waals surface area contributed by atoms with Crippen LogP contribution >= 0.6 is 27.5 Å². The molecule has 2 atom stereocenters. The highest BCUT2D eigenvalue weighted by Gasteiger charge is 2.17. The minimum absolute atomic E-state index is 0.176. The van der Waals surface area contributed by atoms with Crippen LogP contribution in [0.1, 0.15) is 19.8 Å². The molecule has 7 heteroatoms. The third-order valence-corrected chi connectivity index (χ3v) is 5.00. The number of amides is 1. The van der Waals surface area contributed by atoms with Crippen LogP contribution in [0.5, 0.6) is 11.5 Å². The van der Waals surface area contributed by atoms with Gasteiger partial charge in [-0.3, -0.25) is 4.79 Å². The summed E-state index contributed by atoms with van der Waals surface area (Å²) in [5.74, 6) is 1.06. The summed E-state index contributed by atoms with van der Waals surface area (Å²) in [6.45, 7) is 3.05. The highest BCUT2D eigenvalue weighted by molar-refractivity contribution is 9.10. The molecule has 27 heavy (non-hydrogen) atoms. The first-order valence-corrected chi connectivity index (χ1v) is 9.95. The van der Waals surface area contributed by atoms with Crippen molar-refractivity contribution in [3.05, 3.63) is 52.0 Å². The van der Waals surface area contributed by atoms with Crippen molar-refractivity contribution in [2.24, 2.45) is 0 Å². The second-order valence-electron chi connectivity index (χ2n) is 6.29. The second-order valence-corrected chi connectivity index (χ2v) is 7.59. The maximum absolute atomic E-state index is 12.4. The number of halogens is 2. The third-order valence-electron chi connectivity index (χ3n) is 4.15. The van der Waals surface area contributed by atoms with Crippen LogP contribution in [0.15, 0.2) is 46.9 Å². The van der Waals surface area contributed by atoms with E-state index < -0.39 is 6.10 Å². The molecule has 1 fully saturated rings. The summed E-state index contributed by atoms with van der Waals surface area (Å²) < 4.78 is 17.6. The van der Waals surface area contributed by atoms with Crippen LogP contribution in [0.25, 0.3) is 0 Å². The molecule has 5 nitrogen and oxygen atoms in total. The van der Waals surface area contributed by atoms with Crippen LogP contribution in [0.2, 0.25) is 5.02 Å². The Hall–Kier alpha value is -1.76. The normalized spacial score (nSPS) is 17.4. The quantitative estimate of drug-likeness (QED) is 0.635. The first kappa shape index (κ1) is 20.0. The molecular formula is C20H21BrClNO4. The Morgan fingerprint density at radius 3 is 2.78 bits per heavy atom. The zero-order valence-corrected chi connectivity index (χ0v) is 17.3. The largest absolute Gasteiger partial charge is 0.491 e. The van der Waals surface area contributed by atoms with Crippen molar-refractivity contribution in [3.63, 3.8) is 0 Å². The van der Waals surface area contributed by atoms with Crippen LogP contribution in [-0.2, 0) is 9.53 Å². The van der Waals surface area contributed by atoms with Crippen molar-refractivity contribution in [1.82, 2.24) is 0 Å². The highest BCUT2D eigenvalue weighted by Crippen LogP contribution is 2.29. The average Bonchev–Trinajstić information content (AvgIpc) is 3.17. The Morgan fingerprint density at radius 1 is 1.33 bits per heavy atom. The molecule has 0 spiro atoms. The van der Waals surface area contributed by atoms with E-state index in [1.807, 2.05) is 12.1 Å². The summed E-state index contributed by atoms with van der Waals surface area (Å²) in [5, 5.41) is 3.42. The predicted octanol–water partition coefficient (Wildman–Crippen LogP) is 5.07. The van der Waals surface area contributed by atoms with E-state index >= 15 is 0 Å². The monoisotopic (exact) mass is 453 g/mol. The van der Waals surface area contributed by atoms with Crippen LogP contribution in [-0.4, -0.2) is 31.3 Å². The summed E-state index contributed by atoms with van der Waals surface area (Å²) >= 11 is 9.29. The highest BCUT2D eigenvalue weighted by atomic mass is 79.9. The molecule has 0 aliphatic carbocycles. The first-order valence-electron chi connectivity index (χ1n) is 8.78. The molecule has 0 radical (unpaired) electrons. The number of ether oxygens (including phenoxy) is 3. The molecule has 1 N–H and O–H groups in total. The number of benzene rings is 2. The molecule has 1 amide bonds. The van der Waals surface area contributed by atoms with E-state index in [1.165, 1.54) is 0 Å². The van der Waals surface area contributed by atoms with Gasteiger partial charge in [-0.1, -0.05) is 11.6 Å². The van der Waals surface area contributed by atoms with Crippen LogP contribution < -0.4 is 14.8 Å². The van der Waals surface area contributed by atoms with E-state index in [1.54, 1.807) is 37.3 Å². The summed E-state index contributed by atoms with van der Waals surface area (Å²) in [7, 11) is 0. The fourth-order valence-corrected chi connectivity index (χ4v) is 3.43. The Labute approximate surface area is 172 Å². The lowest BCUT2D eigenvalue weighted by Gasteiger charge is -2.16. The van der Waals surface area contributed by atoms with Gasteiger partial charge < -0.3 is 19.5 Å². The Morgan fingerprint density at radius 2 is 2.11 bits per heavy atom. The third kappa shape index (κ3) is 5.86. The minimum atomic E-state index is -0.669. The SMILES string of the molecule is C[C@H](Oc1ccc(Cl)cc1Br)C(=O)Nc1ccc(OC[C@H]2CCCO2)cc1. The van der Waals surface area contributed by atoms with E-state index in [4.69, 9.17) is 25.8 Å². The molecular weight excluding hydrogens is 434 g/mol. The molecule has 1 aliphatic heterocycles. The van der Waals surface area contributed by atoms with E-state index in [2.05, 4.69) is 21.2 Å². The fourth-order valence-electron chi connectivity index (χ4n) is 2.66. The zero-order valence-electron chi connectivity index (χ0n) is 14.9. The molecule has 0 aromatic heterocycles. The van der Waals surface area contributed by atoms with Gasteiger partial charge in [0.2, 0.25) is 0 Å². The number of anilines is 1. The molecule has 0 unspecified atom stereocenters. The van der Waals surface area contributed by atoms with Crippen molar-refractivity contribution < 1.29 is 19.0 Å². The maximum Gasteiger partial charge on any atom is 0.265 e. The van der Waals surface area contributed by atoms with E-state index in [9.17, 15) is 4.79 Å². The lowest BCUT2D eigenvalue weighted by molar-refractivity contribution is -0.122. The molecule has 1 aliphatic rings. The van der Waals surface area contributed by atoms with Gasteiger partial charge in [0, 0.05) is 17.3 Å². The lowest BCUT2D eigenvalue weighted by atomic mass is 10.2. The van der Waals surface area contributed by atoms with Gasteiger partial charge >= 0.3 is 0 Å². The van der Waals surface area contributed by atoms with E-state index in [0.717, 1.165) is 25.2 Å². The lowest BCUT2D eigenvalue weighted by Crippen LogP contribution is -2.30. The molecule has 2 aromatic carbocycles. The molecule has 0 saturated carbocycles. The van der Waals surface area contributed by atoms with Crippen LogP contribution in [0.3, 0.4) is 0 Å². The minimum Gasteiger partial charge on any atom is -0.491 e. The molecule has 3 rings (SSSR count). The van der Waals surface area contributed by atoms with Gasteiger partial charge in [0.15, 0.2) is 6.10 Å². The van der Waals surface area contributed by atoms with Gasteiger partial charge in [0.05, 0.1) is 10.6 Å². The number of hydrogen-bond acceptors (Lipinski definition) is 4. The summed E-state index contributed by atoms with van der Waals surface area (Å²) in [4.78, 5) is 12.4. The maximum atomic E-state index is 12.4. The van der Waals surface area contributed by atoms with Crippen molar-refractivity contribution >= 4 is 39.1 Å². The van der Waals surface area contributed by atoms with Gasteiger partial charge in [-0.15, -0.1) is 0 Å². The van der Waals surface area contributed by atoms with Gasteiger partial charge in [0.25, 0.3) is 5.91 Å². The summed E-state index contributed by atoms with van der Waals surface area (Å²) in [6.07, 6.45) is 1.63. The Balaban J connectivity index is 1.50. The summed E-state index contributed by atoms with van der Waals surface area (Å²) in [5.41, 5.74) is 0.676. The van der Waals surface area contributed by atoms with Gasteiger partial charge in [-0.05, 0) is 78.2 Å². The first-order chi connectivity index (χ1) is 13.0. The van der Waals surface area contributed by atoms with Crippen LogP contribution in [0, 0.1) is 0 Å². The molecule has 1 saturated heterocycles. The summed E-state index contributed by atoms with van der Waals surface area (Å²) in [6, 6.07) is 12.4. The van der Waals surface area contributed by atoms with E-state index in [0.29, 0.717) is 27.5 Å². The number of carbonyl (C=O) groups is 1. The van der Waals surface area contributed by atoms with Crippen molar-refractivity contribution in [2.75, 3.05) is 18.5 Å². The molecule has 1 heterocycles. The van der Waals surface area contributed by atoms with Gasteiger partial charge in [-0.2, -0.15) is 0 Å². The number of hydrogen-bond donors (Lipinski definition) is 1. The molecule has 2 aromatic rings. The Bertz CT molecular complexity index is 778. The predicted molar refractivity (Wildman–Crippen MR) is 109 cm³/mol. The van der Waals surface area contributed by atoms with Gasteiger partial charge in [0.1, 0.15) is 18.1 Å². The molecule has 144 valence electrons. The number of nitrogens with one attached hydrogen (secondary N) is 1. The van der Waals surface area contributed by atoms with Crippen molar-refractivity contribution in [1.29, 1.82) is 0 Å². The number of rotatable bonds is 7.